The second kappa shape index (κ2) is 5.28. The number of anilines is 2. The van der Waals surface area contributed by atoms with Gasteiger partial charge in [0.1, 0.15) is 10.6 Å². The van der Waals surface area contributed by atoms with Crippen LogP contribution in [0.25, 0.3) is 10.2 Å². The molecule has 2 aromatic heterocycles. The van der Waals surface area contributed by atoms with E-state index in [0.29, 0.717) is 11.9 Å². The van der Waals surface area contributed by atoms with Crippen molar-refractivity contribution >= 4 is 33.3 Å². The predicted molar refractivity (Wildman–Crippen MR) is 77.2 cm³/mol. The lowest BCUT2D eigenvalue weighted by molar-refractivity contribution is 0.263. The van der Waals surface area contributed by atoms with E-state index in [2.05, 4.69) is 26.4 Å². The monoisotopic (exact) mass is 279 g/mol. The quantitative estimate of drug-likeness (QED) is 0.575. The number of nitrogens with one attached hydrogen (secondary N) is 1. The average molecular weight is 279 g/mol. The highest BCUT2D eigenvalue weighted by molar-refractivity contribution is 7.16. The van der Waals surface area contributed by atoms with Gasteiger partial charge in [0.25, 0.3) is 0 Å². The molecule has 19 heavy (non-hydrogen) atoms. The van der Waals surface area contributed by atoms with Crippen LogP contribution in [0.5, 0.6) is 0 Å². The Morgan fingerprint density at radius 3 is 3.21 bits per heavy atom. The molecule has 4 N–H and O–H groups in total. The second-order valence-corrected chi connectivity index (χ2v) is 5.66. The first-order chi connectivity index (χ1) is 9.31. The van der Waals surface area contributed by atoms with Gasteiger partial charge < -0.3 is 10.0 Å². The fraction of sp³-hybridized carbons (Fsp3) is 0.500. The summed E-state index contributed by atoms with van der Waals surface area (Å²) in [5.74, 6) is 7.37. The number of nitrogen functional groups attached to an aromatic ring is 1. The molecule has 0 aromatic carbocycles. The summed E-state index contributed by atoms with van der Waals surface area (Å²) < 4.78 is 0. The molecule has 1 aliphatic heterocycles. The smallest absolute Gasteiger partial charge is 0.240 e. The molecule has 6 nitrogen and oxygen atoms in total. The number of nitrogens with two attached hydrogens (primary N) is 1. The van der Waals surface area contributed by atoms with Crippen LogP contribution in [-0.4, -0.2) is 34.8 Å². The molecule has 1 unspecified atom stereocenters. The SMILES string of the molecule is NNc1nc(N2CCC(CCO)C2)c2ccsc2n1. The molecular formula is C12H17N5OS. The normalized spacial score (nSPS) is 19.3. The number of hydrazine groups is 1. The minimum atomic E-state index is 0.256. The summed E-state index contributed by atoms with van der Waals surface area (Å²) in [6.45, 7) is 2.16. The van der Waals surface area contributed by atoms with Crippen LogP contribution in [0, 0.1) is 5.92 Å². The Kier molecular flexibility index (Phi) is 3.50. The van der Waals surface area contributed by atoms with Crippen LogP contribution in [0.1, 0.15) is 12.8 Å². The van der Waals surface area contributed by atoms with Crippen LogP contribution in [-0.2, 0) is 0 Å². The van der Waals surface area contributed by atoms with Gasteiger partial charge in [-0.1, -0.05) is 0 Å². The number of nitrogens with zero attached hydrogens (tertiary/aromatic N) is 3. The van der Waals surface area contributed by atoms with E-state index in [0.717, 1.165) is 42.0 Å². The number of aromatic nitrogens is 2. The first-order valence-electron chi connectivity index (χ1n) is 6.39. The summed E-state index contributed by atoms with van der Waals surface area (Å²) in [6, 6.07) is 2.05. The van der Waals surface area contributed by atoms with Crippen molar-refractivity contribution < 1.29 is 5.11 Å². The summed E-state index contributed by atoms with van der Waals surface area (Å²) in [5, 5.41) is 12.1. The number of fused-ring (bicyclic) bond motifs is 1. The number of hydrogen-bond acceptors (Lipinski definition) is 7. The predicted octanol–water partition coefficient (Wildman–Crippen LogP) is 1.19. The highest BCUT2D eigenvalue weighted by Crippen LogP contribution is 2.32. The van der Waals surface area contributed by atoms with Crippen molar-refractivity contribution in [2.75, 3.05) is 30.0 Å². The highest BCUT2D eigenvalue weighted by atomic mass is 32.1. The topological polar surface area (TPSA) is 87.3 Å². The Balaban J connectivity index is 1.93. The van der Waals surface area contributed by atoms with Crippen molar-refractivity contribution in [3.8, 4) is 0 Å². The van der Waals surface area contributed by atoms with E-state index in [4.69, 9.17) is 10.9 Å². The lowest BCUT2D eigenvalue weighted by Crippen LogP contribution is -2.22. The molecule has 1 fully saturated rings. The molecule has 0 spiro atoms. The van der Waals surface area contributed by atoms with Crippen molar-refractivity contribution in [2.24, 2.45) is 11.8 Å². The number of aliphatic hydroxyl groups is 1. The van der Waals surface area contributed by atoms with Gasteiger partial charge in [0, 0.05) is 19.7 Å². The maximum Gasteiger partial charge on any atom is 0.240 e. The minimum absolute atomic E-state index is 0.256. The van der Waals surface area contributed by atoms with Crippen molar-refractivity contribution in [3.05, 3.63) is 11.4 Å². The second-order valence-electron chi connectivity index (χ2n) is 4.77. The molecule has 3 rings (SSSR count). The zero-order valence-electron chi connectivity index (χ0n) is 10.5. The largest absolute Gasteiger partial charge is 0.396 e. The minimum Gasteiger partial charge on any atom is -0.396 e. The van der Waals surface area contributed by atoms with Gasteiger partial charge in [-0.2, -0.15) is 4.98 Å². The first kappa shape index (κ1) is 12.6. The maximum atomic E-state index is 9.04. The van der Waals surface area contributed by atoms with Crippen LogP contribution < -0.4 is 16.2 Å². The fourth-order valence-electron chi connectivity index (χ4n) is 2.59. The fourth-order valence-corrected chi connectivity index (χ4v) is 3.35. The molecule has 2 aromatic rings. The zero-order chi connectivity index (χ0) is 13.2. The van der Waals surface area contributed by atoms with Gasteiger partial charge in [0.05, 0.1) is 5.39 Å². The first-order valence-corrected chi connectivity index (χ1v) is 7.27. The summed E-state index contributed by atoms with van der Waals surface area (Å²) in [5.41, 5.74) is 2.53. The molecule has 1 aliphatic rings. The Labute approximate surface area is 115 Å². The van der Waals surface area contributed by atoms with E-state index >= 15 is 0 Å². The van der Waals surface area contributed by atoms with E-state index < -0.39 is 0 Å². The van der Waals surface area contributed by atoms with Crippen molar-refractivity contribution in [3.63, 3.8) is 0 Å². The summed E-state index contributed by atoms with van der Waals surface area (Å²) >= 11 is 1.59. The third kappa shape index (κ3) is 2.36. The lowest BCUT2D eigenvalue weighted by Gasteiger charge is -2.18. The Morgan fingerprint density at radius 1 is 1.53 bits per heavy atom. The van der Waals surface area contributed by atoms with Gasteiger partial charge in [-0.15, -0.1) is 11.3 Å². The van der Waals surface area contributed by atoms with Gasteiger partial charge in [0.15, 0.2) is 0 Å². The third-order valence-electron chi connectivity index (χ3n) is 3.56. The van der Waals surface area contributed by atoms with Crippen LogP contribution >= 0.6 is 11.3 Å². The van der Waals surface area contributed by atoms with E-state index in [9.17, 15) is 0 Å². The van der Waals surface area contributed by atoms with Crippen molar-refractivity contribution in [2.45, 2.75) is 12.8 Å². The molecule has 0 radical (unpaired) electrons. The molecule has 3 heterocycles. The summed E-state index contributed by atoms with van der Waals surface area (Å²) in [7, 11) is 0. The van der Waals surface area contributed by atoms with Gasteiger partial charge in [-0.25, -0.2) is 10.8 Å². The highest BCUT2D eigenvalue weighted by Gasteiger charge is 2.25. The molecular weight excluding hydrogens is 262 g/mol. The number of hydrogen-bond donors (Lipinski definition) is 3. The van der Waals surface area contributed by atoms with Crippen LogP contribution in [0.4, 0.5) is 11.8 Å². The van der Waals surface area contributed by atoms with Crippen LogP contribution in [0.3, 0.4) is 0 Å². The molecule has 0 saturated carbocycles. The maximum absolute atomic E-state index is 9.04. The molecule has 102 valence electrons. The van der Waals surface area contributed by atoms with Crippen molar-refractivity contribution in [1.82, 2.24) is 9.97 Å². The molecule has 0 aliphatic carbocycles. The van der Waals surface area contributed by atoms with Gasteiger partial charge >= 0.3 is 0 Å². The zero-order valence-corrected chi connectivity index (χ0v) is 11.4. The van der Waals surface area contributed by atoms with E-state index in [-0.39, 0.29) is 6.61 Å². The third-order valence-corrected chi connectivity index (χ3v) is 4.36. The van der Waals surface area contributed by atoms with Crippen molar-refractivity contribution in [1.29, 1.82) is 0 Å². The molecule has 0 bridgehead atoms. The summed E-state index contributed by atoms with van der Waals surface area (Å²) in [6.07, 6.45) is 1.96. The van der Waals surface area contributed by atoms with E-state index in [1.165, 1.54) is 0 Å². The van der Waals surface area contributed by atoms with Gasteiger partial charge in [0.2, 0.25) is 5.95 Å². The molecule has 1 saturated heterocycles. The van der Waals surface area contributed by atoms with Crippen LogP contribution in [0.15, 0.2) is 11.4 Å². The number of thiophene rings is 1. The van der Waals surface area contributed by atoms with Crippen LogP contribution in [0.2, 0.25) is 0 Å². The molecule has 0 amide bonds. The van der Waals surface area contributed by atoms with E-state index in [1.807, 2.05) is 5.38 Å². The van der Waals surface area contributed by atoms with E-state index in [1.54, 1.807) is 11.3 Å². The standard InChI is InChI=1S/C12H17N5OS/c13-16-12-14-10(9-3-6-19-11(9)15-12)17-4-1-8(7-17)2-5-18/h3,6,8,18H,1-2,4-5,7,13H2,(H,14,15,16). The average Bonchev–Trinajstić information content (AvgIpc) is 3.06. The summed E-state index contributed by atoms with van der Waals surface area (Å²) in [4.78, 5) is 12.0. The van der Waals surface area contributed by atoms with Gasteiger partial charge in [-0.3, -0.25) is 5.43 Å². The lowest BCUT2D eigenvalue weighted by atomic mass is 10.1. The Hall–Kier alpha value is -1.44. The van der Waals surface area contributed by atoms with Gasteiger partial charge in [-0.05, 0) is 30.2 Å². The molecule has 7 heteroatoms. The number of rotatable bonds is 4. The Bertz CT molecular complexity index is 572. The molecule has 1 atom stereocenters. The Morgan fingerprint density at radius 2 is 2.42 bits per heavy atom. The number of aliphatic hydroxyl groups excluding tert-OH is 1.